The van der Waals surface area contributed by atoms with Gasteiger partial charge in [-0.05, 0) is 80.7 Å². The summed E-state index contributed by atoms with van der Waals surface area (Å²) in [6, 6.07) is 44.0. The molecule has 2 amide bonds. The first-order valence-corrected chi connectivity index (χ1v) is 22.1. The van der Waals surface area contributed by atoms with E-state index in [1.165, 1.54) is 18.2 Å². The first kappa shape index (κ1) is 39.9. The number of amides is 2. The second-order valence-corrected chi connectivity index (χ2v) is 21.0. The molecule has 0 radical (unpaired) electrons. The van der Waals surface area contributed by atoms with Crippen LogP contribution in [0.4, 0.5) is 11.4 Å². The molecule has 5 aromatic rings. The van der Waals surface area contributed by atoms with Crippen molar-refractivity contribution in [3.05, 3.63) is 172 Å². The van der Waals surface area contributed by atoms with Crippen LogP contribution in [-0.2, 0) is 18.8 Å². The fraction of sp³-hybridized carbons (Fsp3) is 0.265. The smallest absolute Gasteiger partial charge is 0.271 e. The molecule has 0 spiro atoms. The van der Waals surface area contributed by atoms with E-state index in [2.05, 4.69) is 87.5 Å². The molecule has 1 aliphatic carbocycles. The molecule has 10 heteroatoms. The van der Waals surface area contributed by atoms with E-state index in [1.54, 1.807) is 18.2 Å². The Kier molecular flexibility index (Phi) is 11.1. The Balaban J connectivity index is 1.20. The molecule has 8 rings (SSSR count). The average Bonchev–Trinajstić information content (AvgIpc) is 3.77. The van der Waals surface area contributed by atoms with Crippen molar-refractivity contribution in [1.29, 1.82) is 0 Å². The summed E-state index contributed by atoms with van der Waals surface area (Å²) in [6.07, 6.45) is 3.32. The lowest BCUT2D eigenvalue weighted by Crippen LogP contribution is -2.66. The number of anilines is 1. The summed E-state index contributed by atoms with van der Waals surface area (Å²) in [5.41, 5.74) is 5.03. The molecule has 0 unspecified atom stereocenters. The van der Waals surface area contributed by atoms with Gasteiger partial charge in [-0.25, -0.2) is 4.90 Å². The third-order valence-corrected chi connectivity index (χ3v) is 17.2. The number of carbonyl (C=O) groups is 2. The fourth-order valence-electron chi connectivity index (χ4n) is 9.62. The Bertz CT molecular complexity index is 2390. The Hall–Kier alpha value is -5.94. The van der Waals surface area contributed by atoms with Crippen LogP contribution in [-0.4, -0.2) is 49.5 Å². The molecule has 0 aromatic heterocycles. The monoisotopic (exact) mass is 804 g/mol. The normalized spacial score (nSPS) is 20.8. The molecule has 4 atom stereocenters. The Morgan fingerprint density at radius 1 is 0.847 bits per heavy atom. The summed E-state index contributed by atoms with van der Waals surface area (Å²) in [7, 11) is -3.01. The molecule has 2 fully saturated rings. The van der Waals surface area contributed by atoms with Gasteiger partial charge in [-0.2, -0.15) is 0 Å². The van der Waals surface area contributed by atoms with Crippen molar-refractivity contribution >= 4 is 53.5 Å². The largest absolute Gasteiger partial charge is 0.508 e. The summed E-state index contributed by atoms with van der Waals surface area (Å²) in [6.45, 7) is 7.22. The van der Waals surface area contributed by atoms with Gasteiger partial charge in [0.1, 0.15) is 5.75 Å². The lowest BCUT2D eigenvalue weighted by atomic mass is 9.69. The maximum atomic E-state index is 14.5. The Labute approximate surface area is 345 Å². The summed E-state index contributed by atoms with van der Waals surface area (Å²) in [5.74, 6) is -2.22. The van der Waals surface area contributed by atoms with E-state index in [1.807, 2.05) is 42.5 Å². The number of carbonyl (C=O) groups excluding carboxylic acids is 2. The number of phenols is 1. The molecular formula is C49H48N2O7Si. The average molecular weight is 805 g/mol. The van der Waals surface area contributed by atoms with Crippen molar-refractivity contribution in [2.24, 2.45) is 17.8 Å². The number of fused-ring (bicyclic) bond motifs is 3. The van der Waals surface area contributed by atoms with Gasteiger partial charge in [0.15, 0.2) is 0 Å². The predicted octanol–water partition coefficient (Wildman–Crippen LogP) is 8.72. The highest BCUT2D eigenvalue weighted by atomic mass is 28.4. The lowest BCUT2D eigenvalue weighted by Gasteiger charge is -2.44. The predicted molar refractivity (Wildman–Crippen MR) is 233 cm³/mol. The zero-order chi connectivity index (χ0) is 41.3. The minimum absolute atomic E-state index is 0.187. The van der Waals surface area contributed by atoms with Gasteiger partial charge in [0.2, 0.25) is 11.8 Å². The van der Waals surface area contributed by atoms with Crippen LogP contribution in [0.15, 0.2) is 151 Å². The molecule has 1 N–H and O–H groups in total. The van der Waals surface area contributed by atoms with Crippen molar-refractivity contribution in [2.75, 3.05) is 18.1 Å². The quantitative estimate of drug-likeness (QED) is 0.0335. The molecule has 3 aliphatic rings. The van der Waals surface area contributed by atoms with Crippen molar-refractivity contribution in [3.63, 3.8) is 0 Å². The lowest BCUT2D eigenvalue weighted by molar-refractivity contribution is -0.384. The van der Waals surface area contributed by atoms with Crippen LogP contribution in [0.5, 0.6) is 5.75 Å². The SMILES string of the molecule is CC(C)(C)[Si](OCC1=C2[C@@H](CC/C(=C/c3cccc(O)c3)c3ccccc3)OC[C@@H]2[C@@H]2C(=O)N(c3cccc([N+](=O)[O-])c3)C(=O)[C@@H]2C1)(c1ccccc1)c1ccccc1. The zero-order valence-corrected chi connectivity index (χ0v) is 34.5. The summed E-state index contributed by atoms with van der Waals surface area (Å²) in [5, 5.41) is 24.0. The van der Waals surface area contributed by atoms with Gasteiger partial charge in [0.25, 0.3) is 14.0 Å². The minimum atomic E-state index is -3.01. The molecular weight excluding hydrogens is 757 g/mol. The Morgan fingerprint density at radius 2 is 1.49 bits per heavy atom. The minimum Gasteiger partial charge on any atom is -0.508 e. The number of ether oxygens (including phenoxy) is 1. The first-order chi connectivity index (χ1) is 28.5. The second-order valence-electron chi connectivity index (χ2n) is 16.7. The maximum Gasteiger partial charge on any atom is 0.271 e. The van der Waals surface area contributed by atoms with E-state index < -0.39 is 25.1 Å². The van der Waals surface area contributed by atoms with Crippen molar-refractivity contribution in [1.82, 2.24) is 0 Å². The van der Waals surface area contributed by atoms with E-state index >= 15 is 0 Å². The van der Waals surface area contributed by atoms with E-state index in [-0.39, 0.29) is 59.2 Å². The summed E-state index contributed by atoms with van der Waals surface area (Å²) < 4.78 is 14.2. The van der Waals surface area contributed by atoms with Crippen molar-refractivity contribution in [2.45, 2.75) is 51.2 Å². The second kappa shape index (κ2) is 16.4. The number of allylic oxidation sites excluding steroid dienone is 1. The van der Waals surface area contributed by atoms with E-state index in [0.29, 0.717) is 19.3 Å². The van der Waals surface area contributed by atoms with E-state index in [4.69, 9.17) is 9.16 Å². The molecule has 0 bridgehead atoms. The molecule has 5 aromatic carbocycles. The van der Waals surface area contributed by atoms with E-state index in [9.17, 15) is 24.8 Å². The number of benzene rings is 5. The Morgan fingerprint density at radius 3 is 2.12 bits per heavy atom. The summed E-state index contributed by atoms with van der Waals surface area (Å²) in [4.78, 5) is 41.3. The van der Waals surface area contributed by atoms with Crippen LogP contribution in [0.3, 0.4) is 0 Å². The molecule has 2 aliphatic heterocycles. The molecule has 0 saturated carbocycles. The van der Waals surface area contributed by atoms with Crippen molar-refractivity contribution < 1.29 is 28.8 Å². The van der Waals surface area contributed by atoms with Gasteiger partial charge in [0, 0.05) is 18.1 Å². The van der Waals surface area contributed by atoms with Crippen LogP contribution in [0, 0.1) is 27.9 Å². The van der Waals surface area contributed by atoms with Gasteiger partial charge in [-0.1, -0.05) is 136 Å². The van der Waals surface area contributed by atoms with Gasteiger partial charge < -0.3 is 14.3 Å². The highest BCUT2D eigenvalue weighted by Gasteiger charge is 2.58. The molecule has 59 heavy (non-hydrogen) atoms. The van der Waals surface area contributed by atoms with Gasteiger partial charge >= 0.3 is 0 Å². The van der Waals surface area contributed by atoms with Crippen LogP contribution in [0.2, 0.25) is 5.04 Å². The number of imide groups is 1. The summed E-state index contributed by atoms with van der Waals surface area (Å²) >= 11 is 0. The fourth-order valence-corrected chi connectivity index (χ4v) is 14.2. The zero-order valence-electron chi connectivity index (χ0n) is 33.5. The number of nitro groups is 1. The number of aromatic hydroxyl groups is 1. The van der Waals surface area contributed by atoms with Gasteiger partial charge in [-0.15, -0.1) is 0 Å². The number of hydrogen-bond donors (Lipinski definition) is 1. The third-order valence-electron chi connectivity index (χ3n) is 12.2. The van der Waals surface area contributed by atoms with Crippen LogP contribution < -0.4 is 15.3 Å². The highest BCUT2D eigenvalue weighted by molar-refractivity contribution is 6.99. The standard InChI is InChI=1S/C49H48N2O7Si/c1-49(2,3)59(40-21-9-5-10-22-40,41-23-11-6-12-24-41)58-31-36-29-42-46(48(54)50(47(42)53)37-18-14-19-38(30-37)51(55)56)43-32-57-44(45(36)43)26-25-35(34-16-7-4-8-17-34)27-33-15-13-20-39(52)28-33/h4-24,27-28,30,42-44,46,52H,25-26,29,31-32H2,1-3H3/b35-27-/t42-,43+,44-,46-/m1/s1. The first-order valence-electron chi connectivity index (χ1n) is 20.2. The van der Waals surface area contributed by atoms with Crippen LogP contribution >= 0.6 is 0 Å². The van der Waals surface area contributed by atoms with Gasteiger partial charge in [0.05, 0.1) is 41.8 Å². The molecule has 300 valence electrons. The highest BCUT2D eigenvalue weighted by Crippen LogP contribution is 2.51. The number of nitro benzene ring substituents is 1. The number of rotatable bonds is 12. The molecule has 2 saturated heterocycles. The van der Waals surface area contributed by atoms with Crippen LogP contribution in [0.25, 0.3) is 11.6 Å². The maximum absolute atomic E-state index is 14.5. The number of hydrogen-bond acceptors (Lipinski definition) is 7. The molecule has 9 nitrogen and oxygen atoms in total. The van der Waals surface area contributed by atoms with Crippen molar-refractivity contribution in [3.8, 4) is 5.75 Å². The topological polar surface area (TPSA) is 119 Å². The van der Waals surface area contributed by atoms with Crippen LogP contribution in [0.1, 0.15) is 51.2 Å². The van der Waals surface area contributed by atoms with E-state index in [0.717, 1.165) is 43.1 Å². The van der Waals surface area contributed by atoms with Gasteiger partial charge in [-0.3, -0.25) is 19.7 Å². The number of phenolic OH excluding ortho intramolecular Hbond substituents is 1. The molecule has 2 heterocycles. The number of nitrogens with zero attached hydrogens (tertiary/aromatic N) is 2. The number of non-ortho nitro benzene ring substituents is 1. The third kappa shape index (κ3) is 7.59.